The van der Waals surface area contributed by atoms with Crippen molar-refractivity contribution < 1.29 is 9.52 Å². The van der Waals surface area contributed by atoms with E-state index in [9.17, 15) is 9.90 Å². The van der Waals surface area contributed by atoms with Gasteiger partial charge in [0.1, 0.15) is 17.3 Å². The van der Waals surface area contributed by atoms with Gasteiger partial charge in [0.15, 0.2) is 5.43 Å². The van der Waals surface area contributed by atoms with E-state index in [1.807, 2.05) is 66.7 Å². The van der Waals surface area contributed by atoms with Crippen molar-refractivity contribution in [2.75, 3.05) is 0 Å². The van der Waals surface area contributed by atoms with Gasteiger partial charge >= 0.3 is 0 Å². The van der Waals surface area contributed by atoms with Crippen LogP contribution in [0.15, 0.2) is 94.1 Å². The zero-order valence-electron chi connectivity index (χ0n) is 13.9. The van der Waals surface area contributed by atoms with Crippen molar-refractivity contribution in [3.8, 4) is 22.6 Å². The maximum atomic E-state index is 11.8. The summed E-state index contributed by atoms with van der Waals surface area (Å²) >= 11 is 0. The molecule has 0 radical (unpaired) electrons. The molecule has 1 heterocycles. The van der Waals surface area contributed by atoms with E-state index in [1.165, 1.54) is 12.1 Å². The van der Waals surface area contributed by atoms with Gasteiger partial charge < -0.3 is 9.52 Å². The molecule has 2 aromatic carbocycles. The molecule has 0 atom stereocenters. The summed E-state index contributed by atoms with van der Waals surface area (Å²) in [5, 5.41) is 10.5. The molecule has 2 aliphatic rings. The summed E-state index contributed by atoms with van der Waals surface area (Å²) in [6.45, 7) is 0. The summed E-state index contributed by atoms with van der Waals surface area (Å²) in [5.41, 5.74) is 3.06. The molecule has 3 heteroatoms. The highest BCUT2D eigenvalue weighted by Crippen LogP contribution is 2.33. The van der Waals surface area contributed by atoms with Gasteiger partial charge in [-0.2, -0.15) is 0 Å². The van der Waals surface area contributed by atoms with Gasteiger partial charge in [0.2, 0.25) is 0 Å². The predicted octanol–water partition coefficient (Wildman–Crippen LogP) is 5.47. The number of rotatable bonds is 3. The smallest absolute Gasteiger partial charge is 0.182 e. The number of aliphatic hydroxyl groups excluding tert-OH is 1. The molecule has 126 valence electrons. The summed E-state index contributed by atoms with van der Waals surface area (Å²) in [5.74, 6) is 1.28. The monoisotopic (exact) mass is 340 g/mol. The van der Waals surface area contributed by atoms with Gasteiger partial charge in [0, 0.05) is 22.8 Å². The third-order valence-electron chi connectivity index (χ3n) is 4.19. The van der Waals surface area contributed by atoms with E-state index >= 15 is 0 Å². The van der Waals surface area contributed by atoms with Crippen molar-refractivity contribution in [3.63, 3.8) is 0 Å². The largest absolute Gasteiger partial charge is 0.507 e. The Kier molecular flexibility index (Phi) is 4.12. The van der Waals surface area contributed by atoms with Gasteiger partial charge in [-0.25, -0.2) is 0 Å². The van der Waals surface area contributed by atoms with Crippen LogP contribution in [-0.4, -0.2) is 5.11 Å². The molecule has 0 unspecified atom stereocenters. The number of hydrogen-bond donors (Lipinski definition) is 1. The lowest BCUT2D eigenvalue weighted by atomic mass is 10.00. The minimum Gasteiger partial charge on any atom is -0.507 e. The molecule has 1 aliphatic carbocycles. The predicted molar refractivity (Wildman–Crippen MR) is 104 cm³/mol. The zero-order valence-corrected chi connectivity index (χ0v) is 13.9. The Balaban J connectivity index is 1.92. The third-order valence-corrected chi connectivity index (χ3v) is 4.19. The van der Waals surface area contributed by atoms with Crippen LogP contribution in [0.4, 0.5) is 0 Å². The first-order chi connectivity index (χ1) is 12.7. The van der Waals surface area contributed by atoms with Gasteiger partial charge in [-0.15, -0.1) is 0 Å². The molecule has 1 N–H and O–H groups in total. The number of hydrogen-bond acceptors (Lipinski definition) is 3. The topological polar surface area (TPSA) is 50.4 Å². The van der Waals surface area contributed by atoms with Crippen molar-refractivity contribution in [2.45, 2.75) is 0 Å². The van der Waals surface area contributed by atoms with Crippen LogP contribution in [0.3, 0.4) is 0 Å². The molecule has 26 heavy (non-hydrogen) atoms. The lowest BCUT2D eigenvalue weighted by Gasteiger charge is -2.12. The van der Waals surface area contributed by atoms with E-state index in [0.717, 1.165) is 22.3 Å². The quantitative estimate of drug-likeness (QED) is 0.503. The van der Waals surface area contributed by atoms with Gasteiger partial charge in [0.05, 0.1) is 0 Å². The molecule has 0 amide bonds. The van der Waals surface area contributed by atoms with Crippen molar-refractivity contribution in [3.05, 3.63) is 106 Å². The van der Waals surface area contributed by atoms with Crippen molar-refractivity contribution in [2.24, 2.45) is 0 Å². The first kappa shape index (κ1) is 15.9. The fourth-order valence-corrected chi connectivity index (χ4v) is 2.90. The van der Waals surface area contributed by atoms with E-state index < -0.39 is 0 Å². The molecule has 1 aliphatic heterocycles. The second-order valence-electron chi connectivity index (χ2n) is 5.99. The summed E-state index contributed by atoms with van der Waals surface area (Å²) in [4.78, 5) is 11.8. The SMILES string of the molecule is O=c1ccc2c(C=C(O)c3ccccc3)cc(-c3ccccc3)oc-2c1. The van der Waals surface area contributed by atoms with Gasteiger partial charge in [-0.05, 0) is 29.8 Å². The van der Waals surface area contributed by atoms with Crippen LogP contribution >= 0.6 is 0 Å². The fourth-order valence-electron chi connectivity index (χ4n) is 2.90. The maximum absolute atomic E-state index is 11.8. The van der Waals surface area contributed by atoms with Crippen LogP contribution in [0.5, 0.6) is 0 Å². The van der Waals surface area contributed by atoms with E-state index in [2.05, 4.69) is 0 Å². The molecule has 4 rings (SSSR count). The summed E-state index contributed by atoms with van der Waals surface area (Å²) in [6.07, 6.45) is 1.70. The summed E-state index contributed by atoms with van der Waals surface area (Å²) in [7, 11) is 0. The van der Waals surface area contributed by atoms with Crippen LogP contribution in [0.1, 0.15) is 11.1 Å². The maximum Gasteiger partial charge on any atom is 0.182 e. The molecule has 3 nitrogen and oxygen atoms in total. The van der Waals surface area contributed by atoms with Crippen molar-refractivity contribution in [1.29, 1.82) is 0 Å². The Labute approximate surface area is 150 Å². The number of fused-ring (bicyclic) bond motifs is 1. The molecule has 0 bridgehead atoms. The van der Waals surface area contributed by atoms with Gasteiger partial charge in [-0.3, -0.25) is 4.79 Å². The van der Waals surface area contributed by atoms with Gasteiger partial charge in [-0.1, -0.05) is 60.7 Å². The summed E-state index contributed by atoms with van der Waals surface area (Å²) < 4.78 is 5.95. The highest BCUT2D eigenvalue weighted by molar-refractivity contribution is 5.84. The zero-order chi connectivity index (χ0) is 17.9. The van der Waals surface area contributed by atoms with Crippen LogP contribution in [0.2, 0.25) is 0 Å². The van der Waals surface area contributed by atoms with Crippen LogP contribution in [0.25, 0.3) is 34.5 Å². The molecule has 0 spiro atoms. The molecule has 0 saturated carbocycles. The Morgan fingerprint density at radius 3 is 2.23 bits per heavy atom. The molecule has 0 aromatic heterocycles. The van der Waals surface area contributed by atoms with E-state index in [-0.39, 0.29) is 11.2 Å². The first-order valence-electron chi connectivity index (χ1n) is 8.30. The molecule has 0 fully saturated rings. The van der Waals surface area contributed by atoms with Crippen LogP contribution in [-0.2, 0) is 0 Å². The molecule has 2 aromatic rings. The van der Waals surface area contributed by atoms with Crippen LogP contribution < -0.4 is 5.43 Å². The minimum atomic E-state index is -0.117. The van der Waals surface area contributed by atoms with E-state index in [4.69, 9.17) is 4.42 Å². The lowest BCUT2D eigenvalue weighted by Crippen LogP contribution is -1.99. The lowest BCUT2D eigenvalue weighted by molar-refractivity contribution is 0.515. The Bertz CT molecular complexity index is 1090. The third kappa shape index (κ3) is 3.15. The highest BCUT2D eigenvalue weighted by Gasteiger charge is 2.14. The Morgan fingerprint density at radius 2 is 1.50 bits per heavy atom. The second kappa shape index (κ2) is 6.73. The fraction of sp³-hybridized carbons (Fsp3) is 0. The number of aliphatic hydroxyl groups is 1. The van der Waals surface area contributed by atoms with E-state index in [0.29, 0.717) is 11.5 Å². The first-order valence-corrected chi connectivity index (χ1v) is 8.30. The second-order valence-corrected chi connectivity index (χ2v) is 5.99. The van der Waals surface area contributed by atoms with E-state index in [1.54, 1.807) is 12.1 Å². The normalized spacial score (nSPS) is 11.6. The average Bonchev–Trinajstić information content (AvgIpc) is 2.69. The van der Waals surface area contributed by atoms with Crippen molar-refractivity contribution >= 4 is 11.8 Å². The van der Waals surface area contributed by atoms with Crippen molar-refractivity contribution in [1.82, 2.24) is 0 Å². The molecular formula is C23H16O3. The molecular weight excluding hydrogens is 324 g/mol. The average molecular weight is 340 g/mol. The summed E-state index contributed by atoms with van der Waals surface area (Å²) in [6, 6.07) is 25.6. The molecule has 0 saturated heterocycles. The number of benzene rings is 3. The van der Waals surface area contributed by atoms with Gasteiger partial charge in [0.25, 0.3) is 0 Å². The Morgan fingerprint density at radius 1 is 0.808 bits per heavy atom. The minimum absolute atomic E-state index is 0.117. The van der Waals surface area contributed by atoms with Crippen LogP contribution in [0, 0.1) is 0 Å². The standard InChI is InChI=1S/C23H16O3/c24-19-11-12-20-18(13-21(25)16-7-3-1-4-8-16)14-22(26-23(20)15-19)17-9-5-2-6-10-17/h1-15,25H. The highest BCUT2D eigenvalue weighted by atomic mass is 16.3. The Hall–Kier alpha value is -3.59.